The first-order valence-corrected chi connectivity index (χ1v) is 10.6. The predicted octanol–water partition coefficient (Wildman–Crippen LogP) is 4.36. The second-order valence-electron chi connectivity index (χ2n) is 7.84. The molecule has 4 rings (SSSR count). The number of carbonyl (C=O) groups excluding carboxylic acids is 2. The number of para-hydroxylation sites is 2. The van der Waals surface area contributed by atoms with E-state index in [1.165, 1.54) is 5.56 Å². The Morgan fingerprint density at radius 3 is 2.58 bits per heavy atom. The highest BCUT2D eigenvalue weighted by Gasteiger charge is 2.25. The van der Waals surface area contributed by atoms with Crippen LogP contribution in [0.2, 0.25) is 0 Å². The molecule has 158 valence electrons. The molecule has 0 fully saturated rings. The quantitative estimate of drug-likeness (QED) is 0.625. The van der Waals surface area contributed by atoms with E-state index < -0.39 is 0 Å². The van der Waals surface area contributed by atoms with Crippen molar-refractivity contribution < 1.29 is 14.3 Å². The van der Waals surface area contributed by atoms with Crippen LogP contribution < -0.4 is 15.0 Å². The van der Waals surface area contributed by atoms with Crippen molar-refractivity contribution in [3.8, 4) is 5.75 Å². The summed E-state index contributed by atoms with van der Waals surface area (Å²) in [5.41, 5.74) is 3.51. The van der Waals surface area contributed by atoms with Crippen molar-refractivity contribution in [1.29, 1.82) is 0 Å². The Kier molecular flexibility index (Phi) is 6.32. The molecule has 2 amide bonds. The first-order chi connectivity index (χ1) is 15.1. The molecule has 5 heteroatoms. The number of nitrogens with one attached hydrogen (secondary N) is 1. The summed E-state index contributed by atoms with van der Waals surface area (Å²) in [6.07, 6.45) is 1.79. The molecule has 0 aromatic heterocycles. The summed E-state index contributed by atoms with van der Waals surface area (Å²) < 4.78 is 5.51. The largest absolute Gasteiger partial charge is 0.482 e. The van der Waals surface area contributed by atoms with E-state index in [1.54, 1.807) is 11.0 Å². The molecule has 1 N–H and O–H groups in total. The number of rotatable bonds is 7. The number of nitrogens with zero attached hydrogens (tertiary/aromatic N) is 1. The van der Waals surface area contributed by atoms with Crippen LogP contribution in [0.1, 0.15) is 34.8 Å². The summed E-state index contributed by atoms with van der Waals surface area (Å²) in [5, 5.41) is 3.08. The molecular weight excluding hydrogens is 388 g/mol. The molecule has 1 heterocycles. The monoisotopic (exact) mass is 414 g/mol. The van der Waals surface area contributed by atoms with Gasteiger partial charge >= 0.3 is 0 Å². The van der Waals surface area contributed by atoms with Crippen LogP contribution in [0.25, 0.3) is 0 Å². The fraction of sp³-hybridized carbons (Fsp3) is 0.231. The minimum atomic E-state index is -0.101. The number of anilines is 1. The van der Waals surface area contributed by atoms with Crippen molar-refractivity contribution in [1.82, 2.24) is 5.32 Å². The van der Waals surface area contributed by atoms with Gasteiger partial charge in [-0.1, -0.05) is 54.6 Å². The van der Waals surface area contributed by atoms with E-state index in [9.17, 15) is 9.59 Å². The van der Waals surface area contributed by atoms with Crippen LogP contribution in [0, 0.1) is 0 Å². The molecule has 0 spiro atoms. The molecular formula is C26H26N2O3. The summed E-state index contributed by atoms with van der Waals surface area (Å²) in [5.74, 6) is 0.502. The van der Waals surface area contributed by atoms with Gasteiger partial charge in [0.05, 0.1) is 12.2 Å². The van der Waals surface area contributed by atoms with Crippen LogP contribution in [0.3, 0.4) is 0 Å². The fourth-order valence-electron chi connectivity index (χ4n) is 3.73. The zero-order valence-corrected chi connectivity index (χ0v) is 17.6. The van der Waals surface area contributed by atoms with Crippen molar-refractivity contribution in [2.75, 3.05) is 11.5 Å². The number of benzene rings is 3. The number of hydrogen-bond donors (Lipinski definition) is 1. The molecule has 1 aliphatic heterocycles. The first-order valence-electron chi connectivity index (χ1n) is 10.6. The average Bonchev–Trinajstić information content (AvgIpc) is 2.80. The molecule has 0 aliphatic carbocycles. The molecule has 0 bridgehead atoms. The molecule has 31 heavy (non-hydrogen) atoms. The van der Waals surface area contributed by atoms with Crippen molar-refractivity contribution in [2.24, 2.45) is 0 Å². The van der Waals surface area contributed by atoms with Crippen LogP contribution in [0.15, 0.2) is 78.9 Å². The van der Waals surface area contributed by atoms with Gasteiger partial charge < -0.3 is 15.0 Å². The van der Waals surface area contributed by atoms with Crippen LogP contribution in [-0.4, -0.2) is 24.5 Å². The second kappa shape index (κ2) is 9.47. The van der Waals surface area contributed by atoms with Crippen LogP contribution in [0.4, 0.5) is 5.69 Å². The van der Waals surface area contributed by atoms with Gasteiger partial charge in [0.15, 0.2) is 6.61 Å². The maximum atomic E-state index is 12.8. The SMILES string of the molecule is C[C@H](CCc1ccccc1)NC(=O)c1cccc(CN2C(=O)COc3ccccc32)c1. The van der Waals surface area contributed by atoms with Crippen molar-refractivity contribution in [3.63, 3.8) is 0 Å². The number of aryl methyl sites for hydroxylation is 1. The summed E-state index contributed by atoms with van der Waals surface area (Å²) in [4.78, 5) is 26.9. The normalized spacial score (nSPS) is 13.8. The lowest BCUT2D eigenvalue weighted by molar-refractivity contribution is -0.121. The number of fused-ring (bicyclic) bond motifs is 1. The van der Waals surface area contributed by atoms with Crippen LogP contribution in [0.5, 0.6) is 5.75 Å². The van der Waals surface area contributed by atoms with Gasteiger partial charge in [0.1, 0.15) is 5.75 Å². The molecule has 0 saturated heterocycles. The Balaban J connectivity index is 1.40. The molecule has 0 radical (unpaired) electrons. The van der Waals surface area contributed by atoms with Crippen molar-refractivity contribution in [2.45, 2.75) is 32.4 Å². The van der Waals surface area contributed by atoms with Gasteiger partial charge in [-0.3, -0.25) is 9.59 Å². The highest BCUT2D eigenvalue weighted by Crippen LogP contribution is 2.32. The summed E-state index contributed by atoms with van der Waals surface area (Å²) >= 11 is 0. The molecule has 1 atom stereocenters. The van der Waals surface area contributed by atoms with E-state index >= 15 is 0 Å². The Labute approximate surface area is 182 Å². The minimum absolute atomic E-state index is 0.0239. The highest BCUT2D eigenvalue weighted by atomic mass is 16.5. The van der Waals surface area contributed by atoms with E-state index in [-0.39, 0.29) is 24.5 Å². The second-order valence-corrected chi connectivity index (χ2v) is 7.84. The fourth-order valence-corrected chi connectivity index (χ4v) is 3.73. The lowest BCUT2D eigenvalue weighted by Gasteiger charge is -2.29. The third-order valence-electron chi connectivity index (χ3n) is 5.42. The predicted molar refractivity (Wildman–Crippen MR) is 121 cm³/mol. The lowest BCUT2D eigenvalue weighted by atomic mass is 10.1. The van der Waals surface area contributed by atoms with Gasteiger partial charge in [-0.15, -0.1) is 0 Å². The van der Waals surface area contributed by atoms with Gasteiger partial charge in [0, 0.05) is 11.6 Å². The van der Waals surface area contributed by atoms with Crippen LogP contribution in [-0.2, 0) is 17.8 Å². The van der Waals surface area contributed by atoms with E-state index in [2.05, 4.69) is 17.4 Å². The Bertz CT molecular complexity index is 1070. The molecule has 0 saturated carbocycles. The standard InChI is InChI=1S/C26H26N2O3/c1-19(14-15-20-8-3-2-4-9-20)27-26(30)22-11-7-10-21(16-22)17-28-23-12-5-6-13-24(23)31-18-25(28)29/h2-13,16,19H,14-15,17-18H2,1H3,(H,27,30)/t19-/m1/s1. The van der Waals surface area contributed by atoms with Gasteiger partial charge in [0.25, 0.3) is 11.8 Å². The number of ether oxygens (including phenoxy) is 1. The highest BCUT2D eigenvalue weighted by molar-refractivity contribution is 5.98. The number of amides is 2. The lowest BCUT2D eigenvalue weighted by Crippen LogP contribution is -2.38. The Morgan fingerprint density at radius 2 is 1.74 bits per heavy atom. The summed E-state index contributed by atoms with van der Waals surface area (Å²) in [6, 6.07) is 25.3. The van der Waals surface area contributed by atoms with Gasteiger partial charge in [-0.05, 0) is 55.2 Å². The Morgan fingerprint density at radius 1 is 1.00 bits per heavy atom. The van der Waals surface area contributed by atoms with Crippen molar-refractivity contribution >= 4 is 17.5 Å². The molecule has 1 aliphatic rings. The molecule has 3 aromatic rings. The zero-order chi connectivity index (χ0) is 21.6. The van der Waals surface area contributed by atoms with Crippen LogP contribution >= 0.6 is 0 Å². The number of carbonyl (C=O) groups is 2. The zero-order valence-electron chi connectivity index (χ0n) is 17.6. The smallest absolute Gasteiger partial charge is 0.265 e. The summed E-state index contributed by atoms with van der Waals surface area (Å²) in [6.45, 7) is 2.44. The number of hydrogen-bond acceptors (Lipinski definition) is 3. The van der Waals surface area contributed by atoms with Crippen molar-refractivity contribution in [3.05, 3.63) is 95.6 Å². The third-order valence-corrected chi connectivity index (χ3v) is 5.42. The third kappa shape index (κ3) is 5.12. The summed E-state index contributed by atoms with van der Waals surface area (Å²) in [7, 11) is 0. The average molecular weight is 415 g/mol. The van der Waals surface area contributed by atoms with Gasteiger partial charge in [-0.25, -0.2) is 0 Å². The van der Waals surface area contributed by atoms with E-state index in [0.29, 0.717) is 17.9 Å². The maximum absolute atomic E-state index is 12.8. The molecule has 5 nitrogen and oxygen atoms in total. The van der Waals surface area contributed by atoms with E-state index in [1.807, 2.05) is 67.6 Å². The Hall–Kier alpha value is -3.60. The first kappa shape index (κ1) is 20.7. The van der Waals surface area contributed by atoms with Gasteiger partial charge in [-0.2, -0.15) is 0 Å². The molecule has 3 aromatic carbocycles. The van der Waals surface area contributed by atoms with Gasteiger partial charge in [0.2, 0.25) is 0 Å². The maximum Gasteiger partial charge on any atom is 0.265 e. The minimum Gasteiger partial charge on any atom is -0.482 e. The van der Waals surface area contributed by atoms with E-state index in [4.69, 9.17) is 4.74 Å². The topological polar surface area (TPSA) is 58.6 Å². The van der Waals surface area contributed by atoms with E-state index in [0.717, 1.165) is 24.1 Å². The molecule has 0 unspecified atom stereocenters.